The lowest BCUT2D eigenvalue weighted by Gasteiger charge is -2.38. The van der Waals surface area contributed by atoms with Crippen molar-refractivity contribution in [3.05, 3.63) is 0 Å². The van der Waals surface area contributed by atoms with Gasteiger partial charge in [-0.15, -0.1) is 0 Å². The fourth-order valence-electron chi connectivity index (χ4n) is 2.53. The molecule has 0 aromatic heterocycles. The van der Waals surface area contributed by atoms with Crippen LogP contribution in [0.25, 0.3) is 0 Å². The first-order chi connectivity index (χ1) is 7.79. The molecule has 2 heteroatoms. The zero-order chi connectivity index (χ0) is 13.1. The van der Waals surface area contributed by atoms with Gasteiger partial charge in [0.2, 0.25) is 0 Å². The van der Waals surface area contributed by atoms with Crippen LogP contribution in [0.5, 0.6) is 0 Å². The van der Waals surface area contributed by atoms with E-state index in [0.29, 0.717) is 6.04 Å². The lowest BCUT2D eigenvalue weighted by Crippen LogP contribution is -2.50. The normalized spacial score (nSPS) is 19.8. The summed E-state index contributed by atoms with van der Waals surface area (Å²) in [6.07, 6.45) is 4.34. The maximum absolute atomic E-state index is 3.65. The van der Waals surface area contributed by atoms with E-state index in [0.717, 1.165) is 18.4 Å². The van der Waals surface area contributed by atoms with E-state index < -0.39 is 0 Å². The lowest BCUT2D eigenvalue weighted by atomic mass is 9.84. The Morgan fingerprint density at radius 3 is 2.18 bits per heavy atom. The molecule has 1 aliphatic rings. The average molecular weight is 240 g/mol. The summed E-state index contributed by atoms with van der Waals surface area (Å²) in [4.78, 5) is 2.58. The van der Waals surface area contributed by atoms with Crippen LogP contribution in [0.15, 0.2) is 0 Å². The first-order valence-corrected chi connectivity index (χ1v) is 7.25. The quantitative estimate of drug-likeness (QED) is 0.767. The first kappa shape index (κ1) is 15.0. The molecule has 0 amide bonds. The average Bonchev–Trinajstić information content (AvgIpc) is 2.09. The van der Waals surface area contributed by atoms with Crippen molar-refractivity contribution in [3.63, 3.8) is 0 Å². The second-order valence-electron chi connectivity index (χ2n) is 7.18. The van der Waals surface area contributed by atoms with E-state index in [-0.39, 0.29) is 5.54 Å². The van der Waals surface area contributed by atoms with Crippen molar-refractivity contribution in [1.82, 2.24) is 10.2 Å². The minimum absolute atomic E-state index is 0.227. The van der Waals surface area contributed by atoms with Crippen LogP contribution in [0.1, 0.15) is 53.9 Å². The summed E-state index contributed by atoms with van der Waals surface area (Å²) in [5, 5.41) is 3.65. The van der Waals surface area contributed by atoms with Crippen LogP contribution in [-0.4, -0.2) is 36.6 Å². The number of hydrogen-bond donors (Lipinski definition) is 1. The first-order valence-electron chi connectivity index (χ1n) is 7.25. The van der Waals surface area contributed by atoms with Crippen LogP contribution in [0.3, 0.4) is 0 Å². The van der Waals surface area contributed by atoms with Crippen LogP contribution in [0.4, 0.5) is 0 Å². The van der Waals surface area contributed by atoms with Crippen LogP contribution in [0, 0.1) is 11.8 Å². The van der Waals surface area contributed by atoms with Gasteiger partial charge in [-0.1, -0.05) is 20.3 Å². The Morgan fingerprint density at radius 2 is 1.82 bits per heavy atom. The summed E-state index contributed by atoms with van der Waals surface area (Å²) < 4.78 is 0. The second-order valence-corrected chi connectivity index (χ2v) is 7.18. The van der Waals surface area contributed by atoms with Gasteiger partial charge in [-0.25, -0.2) is 0 Å². The molecule has 0 aromatic carbocycles. The number of nitrogens with one attached hydrogen (secondary N) is 1. The van der Waals surface area contributed by atoms with Crippen molar-refractivity contribution >= 4 is 0 Å². The standard InChI is InChI=1S/C15H32N2/c1-12(2)14(10-16-15(3,4)5)17(6)11-13-8-7-9-13/h12-14,16H,7-11H2,1-6H3. The van der Waals surface area contributed by atoms with Gasteiger partial charge in [0.1, 0.15) is 0 Å². The smallest absolute Gasteiger partial charge is 0.0240 e. The van der Waals surface area contributed by atoms with Gasteiger partial charge in [0.05, 0.1) is 0 Å². The molecule has 2 nitrogen and oxygen atoms in total. The summed E-state index contributed by atoms with van der Waals surface area (Å²) in [6.45, 7) is 13.8. The third-order valence-electron chi connectivity index (χ3n) is 3.95. The van der Waals surface area contributed by atoms with Crippen molar-refractivity contribution in [2.75, 3.05) is 20.1 Å². The van der Waals surface area contributed by atoms with Crippen LogP contribution < -0.4 is 5.32 Å². The van der Waals surface area contributed by atoms with Gasteiger partial charge >= 0.3 is 0 Å². The van der Waals surface area contributed by atoms with E-state index in [1.54, 1.807) is 0 Å². The minimum Gasteiger partial charge on any atom is -0.311 e. The third kappa shape index (κ3) is 5.39. The largest absolute Gasteiger partial charge is 0.311 e. The number of hydrogen-bond acceptors (Lipinski definition) is 2. The van der Waals surface area contributed by atoms with E-state index in [9.17, 15) is 0 Å². The Hall–Kier alpha value is -0.0800. The fourth-order valence-corrected chi connectivity index (χ4v) is 2.53. The molecule has 0 heterocycles. The molecule has 0 aliphatic heterocycles. The molecule has 102 valence electrons. The molecule has 0 aromatic rings. The van der Waals surface area contributed by atoms with Crippen LogP contribution in [0.2, 0.25) is 0 Å². The van der Waals surface area contributed by atoms with E-state index >= 15 is 0 Å². The molecule has 1 unspecified atom stereocenters. The molecule has 0 radical (unpaired) electrons. The maximum Gasteiger partial charge on any atom is 0.0240 e. The van der Waals surface area contributed by atoms with Gasteiger partial charge in [-0.05, 0) is 52.5 Å². The van der Waals surface area contributed by atoms with E-state index in [4.69, 9.17) is 0 Å². The molecule has 0 saturated heterocycles. The Morgan fingerprint density at radius 1 is 1.24 bits per heavy atom. The number of likely N-dealkylation sites (N-methyl/N-ethyl adjacent to an activating group) is 1. The molecule has 1 saturated carbocycles. The minimum atomic E-state index is 0.227. The molecule has 1 rings (SSSR count). The molecule has 1 atom stereocenters. The molecular formula is C15H32N2. The van der Waals surface area contributed by atoms with Gasteiger partial charge in [-0.2, -0.15) is 0 Å². The van der Waals surface area contributed by atoms with Gasteiger partial charge in [0.15, 0.2) is 0 Å². The Balaban J connectivity index is 2.40. The summed E-state index contributed by atoms with van der Waals surface area (Å²) in [7, 11) is 2.30. The zero-order valence-corrected chi connectivity index (χ0v) is 12.7. The predicted octanol–water partition coefficient (Wildman–Crippen LogP) is 3.13. The van der Waals surface area contributed by atoms with Crippen molar-refractivity contribution in [2.24, 2.45) is 11.8 Å². The van der Waals surface area contributed by atoms with Gasteiger partial charge in [0.25, 0.3) is 0 Å². The van der Waals surface area contributed by atoms with E-state index in [2.05, 4.69) is 51.9 Å². The second kappa shape index (κ2) is 6.19. The van der Waals surface area contributed by atoms with Gasteiger partial charge in [0, 0.05) is 24.7 Å². The summed E-state index contributed by atoms with van der Waals surface area (Å²) >= 11 is 0. The van der Waals surface area contributed by atoms with Crippen molar-refractivity contribution in [1.29, 1.82) is 0 Å². The Labute approximate surface area is 108 Å². The number of rotatable bonds is 6. The summed E-state index contributed by atoms with van der Waals surface area (Å²) in [6, 6.07) is 0.662. The Kier molecular flexibility index (Phi) is 5.46. The highest BCUT2D eigenvalue weighted by atomic mass is 15.2. The highest BCUT2D eigenvalue weighted by molar-refractivity contribution is 4.82. The van der Waals surface area contributed by atoms with Gasteiger partial charge < -0.3 is 10.2 Å². The SMILES string of the molecule is CC(C)C(CNC(C)(C)C)N(C)CC1CCC1. The van der Waals surface area contributed by atoms with E-state index in [1.807, 2.05) is 0 Å². The predicted molar refractivity (Wildman–Crippen MR) is 76.4 cm³/mol. The molecule has 1 N–H and O–H groups in total. The molecular weight excluding hydrogens is 208 g/mol. The molecule has 1 aliphatic carbocycles. The fraction of sp³-hybridized carbons (Fsp3) is 1.00. The molecule has 1 fully saturated rings. The lowest BCUT2D eigenvalue weighted by molar-refractivity contribution is 0.127. The third-order valence-corrected chi connectivity index (χ3v) is 3.95. The Bertz CT molecular complexity index is 213. The number of nitrogens with zero attached hydrogens (tertiary/aromatic N) is 1. The van der Waals surface area contributed by atoms with Crippen LogP contribution in [-0.2, 0) is 0 Å². The summed E-state index contributed by atoms with van der Waals surface area (Å²) in [5.74, 6) is 1.69. The van der Waals surface area contributed by atoms with Crippen molar-refractivity contribution in [2.45, 2.75) is 65.5 Å². The molecule has 17 heavy (non-hydrogen) atoms. The molecule has 0 bridgehead atoms. The zero-order valence-electron chi connectivity index (χ0n) is 12.7. The maximum atomic E-state index is 3.65. The van der Waals surface area contributed by atoms with Crippen LogP contribution >= 0.6 is 0 Å². The molecule has 0 spiro atoms. The van der Waals surface area contributed by atoms with Crippen molar-refractivity contribution in [3.8, 4) is 0 Å². The van der Waals surface area contributed by atoms with Crippen molar-refractivity contribution < 1.29 is 0 Å². The highest BCUT2D eigenvalue weighted by Crippen LogP contribution is 2.27. The monoisotopic (exact) mass is 240 g/mol. The highest BCUT2D eigenvalue weighted by Gasteiger charge is 2.25. The van der Waals surface area contributed by atoms with E-state index in [1.165, 1.54) is 25.8 Å². The topological polar surface area (TPSA) is 15.3 Å². The van der Waals surface area contributed by atoms with Gasteiger partial charge in [-0.3, -0.25) is 0 Å². The summed E-state index contributed by atoms with van der Waals surface area (Å²) in [5.41, 5.74) is 0.227.